The van der Waals surface area contributed by atoms with Crippen LogP contribution < -0.4 is 4.74 Å². The molecule has 0 aliphatic rings. The third-order valence-corrected chi connectivity index (χ3v) is 4.27. The number of ether oxygens (including phenoxy) is 1. The van der Waals surface area contributed by atoms with E-state index in [-0.39, 0.29) is 11.9 Å². The Balaban J connectivity index is 1.81. The van der Waals surface area contributed by atoms with Gasteiger partial charge in [-0.2, -0.15) is 0 Å². The Morgan fingerprint density at radius 1 is 1.22 bits per heavy atom. The first-order chi connectivity index (χ1) is 13.0. The van der Waals surface area contributed by atoms with E-state index >= 15 is 0 Å². The smallest absolute Gasteiger partial charge is 0.254 e. The molecule has 2 aromatic heterocycles. The van der Waals surface area contributed by atoms with Gasteiger partial charge < -0.3 is 14.2 Å². The van der Waals surface area contributed by atoms with Gasteiger partial charge in [-0.3, -0.25) is 4.79 Å². The minimum absolute atomic E-state index is 0.0851. The number of rotatable bonds is 6. The van der Waals surface area contributed by atoms with Crippen LogP contribution in [-0.4, -0.2) is 44.7 Å². The largest absolute Gasteiger partial charge is 0.481 e. The quantitative estimate of drug-likeness (QED) is 0.671. The van der Waals surface area contributed by atoms with Gasteiger partial charge in [-0.25, -0.2) is 4.98 Å². The summed E-state index contributed by atoms with van der Waals surface area (Å²) < 4.78 is 7.14. The third kappa shape index (κ3) is 4.13. The first-order valence-electron chi connectivity index (χ1n) is 8.75. The zero-order valence-corrected chi connectivity index (χ0v) is 16.0. The molecule has 0 aliphatic carbocycles. The molecule has 1 amide bonds. The predicted octanol–water partition coefficient (Wildman–Crippen LogP) is 3.20. The maximum absolute atomic E-state index is 12.9. The van der Waals surface area contributed by atoms with E-state index in [1.54, 1.807) is 37.5 Å². The highest BCUT2D eigenvalue weighted by Crippen LogP contribution is 2.21. The van der Waals surface area contributed by atoms with Gasteiger partial charge in [-0.1, -0.05) is 18.2 Å². The molecular formula is C20H23N5O2. The number of carbonyl (C=O) groups is 1. The van der Waals surface area contributed by atoms with Gasteiger partial charge in [0.15, 0.2) is 5.82 Å². The number of methoxy groups -OCH3 is 1. The number of hydrogen-bond donors (Lipinski definition) is 0. The molecule has 0 N–H and O–H groups in total. The lowest BCUT2D eigenvalue weighted by Gasteiger charge is -2.18. The summed E-state index contributed by atoms with van der Waals surface area (Å²) >= 11 is 0. The Bertz CT molecular complexity index is 935. The van der Waals surface area contributed by atoms with Gasteiger partial charge in [-0.05, 0) is 32.0 Å². The van der Waals surface area contributed by atoms with Crippen molar-refractivity contribution >= 4 is 5.91 Å². The molecule has 0 bridgehead atoms. The van der Waals surface area contributed by atoms with Crippen molar-refractivity contribution in [2.24, 2.45) is 0 Å². The predicted molar refractivity (Wildman–Crippen MR) is 102 cm³/mol. The highest BCUT2D eigenvalue weighted by atomic mass is 16.5. The van der Waals surface area contributed by atoms with Crippen molar-refractivity contribution in [2.75, 3.05) is 14.2 Å². The second-order valence-electron chi connectivity index (χ2n) is 6.56. The van der Waals surface area contributed by atoms with Crippen LogP contribution >= 0.6 is 0 Å². The third-order valence-electron chi connectivity index (χ3n) is 4.27. The van der Waals surface area contributed by atoms with Crippen LogP contribution in [0.3, 0.4) is 0 Å². The van der Waals surface area contributed by atoms with Crippen molar-refractivity contribution in [3.8, 4) is 17.1 Å². The van der Waals surface area contributed by atoms with Gasteiger partial charge in [-0.15, -0.1) is 10.2 Å². The van der Waals surface area contributed by atoms with Gasteiger partial charge in [0.2, 0.25) is 5.88 Å². The fourth-order valence-corrected chi connectivity index (χ4v) is 2.82. The minimum Gasteiger partial charge on any atom is -0.481 e. The summed E-state index contributed by atoms with van der Waals surface area (Å²) in [6, 6.07) is 13.2. The zero-order valence-electron chi connectivity index (χ0n) is 16.0. The van der Waals surface area contributed by atoms with Gasteiger partial charge >= 0.3 is 0 Å². The molecule has 7 nitrogen and oxygen atoms in total. The van der Waals surface area contributed by atoms with Crippen molar-refractivity contribution in [1.82, 2.24) is 24.6 Å². The maximum atomic E-state index is 12.9. The SMILES string of the molecule is COc1cccc(-c2cccc(C(=O)N(C)Cc3nncn3C(C)C)c2)n1. The van der Waals surface area contributed by atoms with Crippen LogP contribution in [0.2, 0.25) is 0 Å². The van der Waals surface area contributed by atoms with Gasteiger partial charge in [0, 0.05) is 30.3 Å². The molecule has 27 heavy (non-hydrogen) atoms. The van der Waals surface area contributed by atoms with E-state index in [0.717, 1.165) is 17.1 Å². The van der Waals surface area contributed by atoms with Crippen LogP contribution in [0.25, 0.3) is 11.3 Å². The fourth-order valence-electron chi connectivity index (χ4n) is 2.82. The van der Waals surface area contributed by atoms with Gasteiger partial charge in [0.25, 0.3) is 5.91 Å². The van der Waals surface area contributed by atoms with Gasteiger partial charge in [0.1, 0.15) is 6.33 Å². The standard InChI is InChI=1S/C20H23N5O2/c1-14(2)25-13-21-23-18(25)12-24(3)20(26)16-8-5-7-15(11-16)17-9-6-10-19(22-17)27-4/h5-11,13-14H,12H2,1-4H3. The average Bonchev–Trinajstić information content (AvgIpc) is 3.16. The Hall–Kier alpha value is -3.22. The molecule has 0 fully saturated rings. The monoisotopic (exact) mass is 365 g/mol. The van der Waals surface area contributed by atoms with Crippen LogP contribution in [0.15, 0.2) is 48.8 Å². The average molecular weight is 365 g/mol. The highest BCUT2D eigenvalue weighted by Gasteiger charge is 2.17. The Labute approximate surface area is 158 Å². The molecule has 1 aromatic carbocycles. The van der Waals surface area contributed by atoms with Crippen molar-refractivity contribution in [1.29, 1.82) is 0 Å². The summed E-state index contributed by atoms with van der Waals surface area (Å²) in [4.78, 5) is 19.0. The molecule has 3 aromatic rings. The van der Waals surface area contributed by atoms with E-state index in [4.69, 9.17) is 4.74 Å². The molecule has 0 unspecified atom stereocenters. The number of amides is 1. The summed E-state index contributed by atoms with van der Waals surface area (Å²) in [5.41, 5.74) is 2.21. The van der Waals surface area contributed by atoms with E-state index < -0.39 is 0 Å². The van der Waals surface area contributed by atoms with E-state index in [1.807, 2.05) is 34.9 Å². The van der Waals surface area contributed by atoms with Crippen LogP contribution in [0.4, 0.5) is 0 Å². The highest BCUT2D eigenvalue weighted by molar-refractivity contribution is 5.95. The molecule has 140 valence electrons. The van der Waals surface area contributed by atoms with E-state index in [0.29, 0.717) is 18.0 Å². The van der Waals surface area contributed by atoms with Crippen molar-refractivity contribution in [2.45, 2.75) is 26.4 Å². The fraction of sp³-hybridized carbons (Fsp3) is 0.300. The number of pyridine rings is 1. The van der Waals surface area contributed by atoms with Crippen molar-refractivity contribution < 1.29 is 9.53 Å². The lowest BCUT2D eigenvalue weighted by molar-refractivity contribution is 0.0779. The Morgan fingerprint density at radius 2 is 2.00 bits per heavy atom. The number of hydrogen-bond acceptors (Lipinski definition) is 5. The second kappa shape index (κ2) is 7.99. The summed E-state index contributed by atoms with van der Waals surface area (Å²) in [6.45, 7) is 4.50. The van der Waals surface area contributed by atoms with Crippen LogP contribution in [0.1, 0.15) is 36.1 Å². The topological polar surface area (TPSA) is 73.1 Å². The molecule has 0 atom stereocenters. The molecule has 2 heterocycles. The van der Waals surface area contributed by atoms with Crippen molar-refractivity contribution in [3.63, 3.8) is 0 Å². The lowest BCUT2D eigenvalue weighted by Crippen LogP contribution is -2.28. The van der Waals surface area contributed by atoms with Crippen molar-refractivity contribution in [3.05, 3.63) is 60.2 Å². The maximum Gasteiger partial charge on any atom is 0.254 e. The lowest BCUT2D eigenvalue weighted by atomic mass is 10.1. The molecule has 0 radical (unpaired) electrons. The van der Waals surface area contributed by atoms with Crippen LogP contribution in [-0.2, 0) is 6.54 Å². The molecule has 0 spiro atoms. The minimum atomic E-state index is -0.0851. The molecule has 3 rings (SSSR count). The number of aromatic nitrogens is 4. The normalized spacial score (nSPS) is 10.9. The summed E-state index contributed by atoms with van der Waals surface area (Å²) in [7, 11) is 3.34. The molecule has 0 saturated heterocycles. The second-order valence-corrected chi connectivity index (χ2v) is 6.56. The number of nitrogens with zero attached hydrogens (tertiary/aromatic N) is 5. The number of carbonyl (C=O) groups excluding carboxylic acids is 1. The van der Waals surface area contributed by atoms with E-state index in [9.17, 15) is 4.79 Å². The van der Waals surface area contributed by atoms with E-state index in [2.05, 4.69) is 29.0 Å². The molecule has 7 heteroatoms. The van der Waals surface area contributed by atoms with Crippen LogP contribution in [0, 0.1) is 0 Å². The summed E-state index contributed by atoms with van der Waals surface area (Å²) in [6.07, 6.45) is 1.69. The zero-order chi connectivity index (χ0) is 19.4. The number of benzene rings is 1. The summed E-state index contributed by atoms with van der Waals surface area (Å²) in [5.74, 6) is 1.21. The molecule has 0 saturated carbocycles. The first kappa shape index (κ1) is 18.6. The molecule has 0 aliphatic heterocycles. The Morgan fingerprint density at radius 3 is 2.74 bits per heavy atom. The van der Waals surface area contributed by atoms with E-state index in [1.165, 1.54) is 0 Å². The van der Waals surface area contributed by atoms with Crippen LogP contribution in [0.5, 0.6) is 5.88 Å². The first-order valence-corrected chi connectivity index (χ1v) is 8.75. The molecular weight excluding hydrogens is 342 g/mol. The van der Waals surface area contributed by atoms with Gasteiger partial charge in [0.05, 0.1) is 19.3 Å². The Kier molecular flexibility index (Phi) is 5.49. The summed E-state index contributed by atoms with van der Waals surface area (Å²) in [5, 5.41) is 8.09.